The van der Waals surface area contributed by atoms with Gasteiger partial charge in [0.1, 0.15) is 0 Å². The van der Waals surface area contributed by atoms with E-state index in [4.69, 9.17) is 4.18 Å². The normalized spacial score (nSPS) is 38.5. The quantitative estimate of drug-likeness (QED) is 0.166. The van der Waals surface area contributed by atoms with Crippen LogP contribution >= 0.6 is 0 Å². The number of aromatic nitrogens is 1. The van der Waals surface area contributed by atoms with Crippen LogP contribution in [0.3, 0.4) is 0 Å². The topological polar surface area (TPSA) is 93.4 Å². The summed E-state index contributed by atoms with van der Waals surface area (Å²) in [5.41, 5.74) is 3.76. The summed E-state index contributed by atoms with van der Waals surface area (Å²) in [6.07, 6.45) is 13.6. The van der Waals surface area contributed by atoms with Crippen LogP contribution in [-0.2, 0) is 14.6 Å². The third-order valence-corrected chi connectivity index (χ3v) is 9.49. The molecule has 6 nitrogen and oxygen atoms in total. The number of hydrogen-bond acceptors (Lipinski definition) is 5. The molecular weight excluding hydrogens is 437 g/mol. The molecule has 2 fully saturated rings. The monoisotopic (exact) mass is 467 g/mol. The van der Waals surface area contributed by atoms with Gasteiger partial charge in [-0.2, -0.15) is 4.73 Å². The van der Waals surface area contributed by atoms with Gasteiger partial charge in [-0.3, -0.25) is 4.18 Å². The van der Waals surface area contributed by atoms with Gasteiger partial charge >= 0.3 is 29.6 Å². The molecule has 0 radical (unpaired) electrons. The van der Waals surface area contributed by atoms with E-state index >= 15 is 0 Å². The summed E-state index contributed by atoms with van der Waals surface area (Å²) in [5, 5.41) is 11.9. The molecule has 0 unspecified atom stereocenters. The molecule has 1 aromatic heterocycles. The van der Waals surface area contributed by atoms with E-state index in [2.05, 4.69) is 26.0 Å². The maximum absolute atomic E-state index is 11.9. The SMILES string of the molecule is C[C@]12CC[C@H](OS(=O)(=O)[O-])CC1=CC[C@@H]1[C@@H]2CC[C@]2(C)C(c3ccc[n+]([O-])c3)=CC[C@@H]12.[Na+]. The first-order valence-corrected chi connectivity index (χ1v) is 12.7. The first kappa shape index (κ1) is 24.4. The van der Waals surface area contributed by atoms with Crippen molar-refractivity contribution in [3.63, 3.8) is 0 Å². The fourth-order valence-electron chi connectivity index (χ4n) is 7.51. The number of nitrogens with zero attached hydrogens (tertiary/aromatic N) is 1. The maximum atomic E-state index is 11.9. The molecule has 0 aliphatic heterocycles. The van der Waals surface area contributed by atoms with Crippen LogP contribution in [0.4, 0.5) is 0 Å². The van der Waals surface area contributed by atoms with Crippen molar-refractivity contribution >= 4 is 16.0 Å². The van der Waals surface area contributed by atoms with Gasteiger partial charge in [-0.15, -0.1) is 0 Å². The molecule has 4 aliphatic rings. The van der Waals surface area contributed by atoms with E-state index < -0.39 is 16.5 Å². The van der Waals surface area contributed by atoms with Crippen LogP contribution in [0, 0.1) is 33.8 Å². The van der Waals surface area contributed by atoms with E-state index in [-0.39, 0.29) is 40.4 Å². The summed E-state index contributed by atoms with van der Waals surface area (Å²) < 4.78 is 38.9. The van der Waals surface area contributed by atoms with Gasteiger partial charge in [-0.05, 0) is 85.2 Å². The first-order valence-electron chi connectivity index (χ1n) is 11.3. The molecule has 2 saturated carbocycles. The van der Waals surface area contributed by atoms with Gasteiger partial charge in [0.2, 0.25) is 10.4 Å². The molecule has 168 valence electrons. The minimum Gasteiger partial charge on any atom is -0.726 e. The standard InChI is InChI=1S/C24H31NO5S.Na/c1-23-11-9-18(30-31(27,28)29)14-17(23)5-6-19-21-8-7-20(16-4-3-13-25(26)15-16)24(21,2)12-10-22(19)23;/h3-5,7,13,15,18-19,21-22H,6,8-12,14H2,1-2H3,(H,27,28,29);/q;+1/p-1/t18-,19-,21-,22-,23-,24+;/m0./s1. The first-order chi connectivity index (χ1) is 14.6. The molecule has 0 N–H and O–H groups in total. The molecule has 0 amide bonds. The zero-order valence-electron chi connectivity index (χ0n) is 19.1. The smallest absolute Gasteiger partial charge is 0.726 e. The largest absolute Gasteiger partial charge is 1.00 e. The Morgan fingerprint density at radius 1 is 1.09 bits per heavy atom. The molecule has 4 aliphatic carbocycles. The van der Waals surface area contributed by atoms with Crippen molar-refractivity contribution in [2.45, 2.75) is 64.9 Å². The summed E-state index contributed by atoms with van der Waals surface area (Å²) in [5.74, 6) is 1.68. The number of rotatable bonds is 3. The van der Waals surface area contributed by atoms with Gasteiger partial charge in [0.15, 0.2) is 12.4 Å². The Balaban J connectivity index is 0.00000245. The Kier molecular flexibility index (Phi) is 6.49. The molecule has 8 heteroatoms. The molecule has 1 aromatic rings. The van der Waals surface area contributed by atoms with Crippen LogP contribution in [-0.4, -0.2) is 19.1 Å². The van der Waals surface area contributed by atoms with Crippen molar-refractivity contribution in [3.05, 3.63) is 53.0 Å². The van der Waals surface area contributed by atoms with Crippen molar-refractivity contribution in [2.75, 3.05) is 0 Å². The summed E-state index contributed by atoms with van der Waals surface area (Å²) in [4.78, 5) is 0. The Morgan fingerprint density at radius 2 is 1.84 bits per heavy atom. The van der Waals surface area contributed by atoms with Crippen molar-refractivity contribution in [1.82, 2.24) is 0 Å². The zero-order valence-corrected chi connectivity index (χ0v) is 21.9. The van der Waals surface area contributed by atoms with E-state index in [0.717, 1.165) is 42.4 Å². The molecule has 0 aromatic carbocycles. The van der Waals surface area contributed by atoms with Crippen molar-refractivity contribution in [3.8, 4) is 0 Å². The Morgan fingerprint density at radius 3 is 2.56 bits per heavy atom. The molecule has 0 saturated heterocycles. The van der Waals surface area contributed by atoms with Crippen molar-refractivity contribution in [2.24, 2.45) is 28.6 Å². The van der Waals surface area contributed by atoms with Crippen LogP contribution in [0.1, 0.15) is 64.4 Å². The maximum Gasteiger partial charge on any atom is 1.00 e. The fourth-order valence-corrected chi connectivity index (χ4v) is 8.00. The van der Waals surface area contributed by atoms with E-state index in [1.807, 2.05) is 12.1 Å². The summed E-state index contributed by atoms with van der Waals surface area (Å²) in [7, 11) is -4.67. The number of fused-ring (bicyclic) bond motifs is 5. The molecule has 32 heavy (non-hydrogen) atoms. The second-order valence-electron chi connectivity index (χ2n) is 10.4. The summed E-state index contributed by atoms with van der Waals surface area (Å²) in [6.45, 7) is 4.71. The molecule has 1 heterocycles. The van der Waals surface area contributed by atoms with Gasteiger partial charge in [0.05, 0.1) is 6.10 Å². The Labute approximate surface area is 213 Å². The van der Waals surface area contributed by atoms with Crippen molar-refractivity contribution < 1.29 is 51.4 Å². The summed E-state index contributed by atoms with van der Waals surface area (Å²) in [6, 6.07) is 3.87. The second-order valence-corrected chi connectivity index (χ2v) is 11.4. The van der Waals surface area contributed by atoms with Gasteiger partial charge in [-0.25, -0.2) is 8.42 Å². The van der Waals surface area contributed by atoms with E-state index in [0.29, 0.717) is 30.6 Å². The third kappa shape index (κ3) is 4.03. The average molecular weight is 468 g/mol. The molecule has 6 atom stereocenters. The van der Waals surface area contributed by atoms with Gasteiger partial charge in [-0.1, -0.05) is 31.6 Å². The van der Waals surface area contributed by atoms with E-state index in [1.165, 1.54) is 17.3 Å². The van der Waals surface area contributed by atoms with Crippen LogP contribution in [0.5, 0.6) is 0 Å². The molecule has 5 rings (SSSR count). The Bertz CT molecular complexity index is 1070. The van der Waals surface area contributed by atoms with Crippen LogP contribution < -0.4 is 34.3 Å². The van der Waals surface area contributed by atoms with Crippen molar-refractivity contribution in [1.29, 1.82) is 0 Å². The molecule has 0 bridgehead atoms. The Hall–Kier alpha value is -0.700. The predicted molar refractivity (Wildman–Crippen MR) is 115 cm³/mol. The zero-order chi connectivity index (χ0) is 22.0. The number of hydrogen-bond donors (Lipinski definition) is 0. The molecule has 0 spiro atoms. The molecular formula is C24H30NNaO5S. The van der Waals surface area contributed by atoms with Gasteiger partial charge in [0.25, 0.3) is 0 Å². The van der Waals surface area contributed by atoms with Crippen LogP contribution in [0.25, 0.3) is 5.57 Å². The van der Waals surface area contributed by atoms with Gasteiger partial charge < -0.3 is 9.76 Å². The van der Waals surface area contributed by atoms with E-state index in [1.54, 1.807) is 6.20 Å². The van der Waals surface area contributed by atoms with Crippen LogP contribution in [0.2, 0.25) is 0 Å². The minimum absolute atomic E-state index is 0. The number of pyridine rings is 1. The third-order valence-electron chi connectivity index (χ3n) is 8.98. The second kappa shape index (κ2) is 8.51. The van der Waals surface area contributed by atoms with E-state index in [9.17, 15) is 18.2 Å². The van der Waals surface area contributed by atoms with Crippen LogP contribution in [0.15, 0.2) is 42.3 Å². The number of allylic oxidation sites excluding steroid dienone is 3. The minimum atomic E-state index is -4.67. The fraction of sp³-hybridized carbons (Fsp3) is 0.625. The average Bonchev–Trinajstić information content (AvgIpc) is 3.04. The predicted octanol–water partition coefficient (Wildman–Crippen LogP) is 1.13. The summed E-state index contributed by atoms with van der Waals surface area (Å²) >= 11 is 0. The van der Waals surface area contributed by atoms with Gasteiger partial charge in [0, 0.05) is 11.6 Å².